The smallest absolute Gasteiger partial charge is 0.140 e. The van der Waals surface area contributed by atoms with Gasteiger partial charge in [0.15, 0.2) is 0 Å². The Balaban J connectivity index is 2.84. The molecule has 0 saturated heterocycles. The first-order valence-electron chi connectivity index (χ1n) is 2.87. The molecule has 0 N–H and O–H groups in total. The number of hydrogen-bond donors (Lipinski definition) is 0. The topological polar surface area (TPSA) is 0 Å². The Hall–Kier alpha value is -0.235. The molecular formula is C6H9BS. The molecule has 0 aliphatic heterocycles. The van der Waals surface area contributed by atoms with Crippen LogP contribution in [0.3, 0.4) is 0 Å². The van der Waals surface area contributed by atoms with Crippen LogP contribution in [0.1, 0.15) is 11.8 Å². The third-order valence-electron chi connectivity index (χ3n) is 1.13. The Labute approximate surface area is 55.0 Å². The van der Waals surface area contributed by atoms with Gasteiger partial charge in [0, 0.05) is 4.88 Å². The zero-order valence-electron chi connectivity index (χ0n) is 5.27. The number of thiophene rings is 1. The van der Waals surface area contributed by atoms with Crippen molar-refractivity contribution in [3.05, 3.63) is 16.3 Å². The third-order valence-corrected chi connectivity index (χ3v) is 2.33. The molecule has 0 amide bonds. The van der Waals surface area contributed by atoms with Crippen molar-refractivity contribution in [1.82, 2.24) is 0 Å². The van der Waals surface area contributed by atoms with Crippen molar-refractivity contribution < 1.29 is 0 Å². The molecule has 8 heavy (non-hydrogen) atoms. The Morgan fingerprint density at radius 1 is 1.75 bits per heavy atom. The Bertz CT molecular complexity index is 169. The van der Waals surface area contributed by atoms with Gasteiger partial charge in [-0.25, -0.2) is 0 Å². The van der Waals surface area contributed by atoms with Gasteiger partial charge in [-0.15, -0.1) is 11.3 Å². The van der Waals surface area contributed by atoms with Crippen LogP contribution in [0.2, 0.25) is 0 Å². The summed E-state index contributed by atoms with van der Waals surface area (Å²) in [6.07, 6.45) is 1.18. The molecule has 0 aromatic carbocycles. The molecule has 0 saturated carbocycles. The lowest BCUT2D eigenvalue weighted by Gasteiger charge is -1.80. The Morgan fingerprint density at radius 3 is 2.75 bits per heavy atom. The molecule has 0 aliphatic carbocycles. The summed E-state index contributed by atoms with van der Waals surface area (Å²) in [6.45, 7) is 2.19. The standard InChI is InChI=1S/C6H9BS/c1-2-6-3-5(7)4-8-6/h3-4H,2,7H2,1H3. The van der Waals surface area contributed by atoms with Crippen LogP contribution >= 0.6 is 11.3 Å². The largest absolute Gasteiger partial charge is 0.150 e. The van der Waals surface area contributed by atoms with E-state index in [1.54, 1.807) is 0 Å². The molecule has 0 bridgehead atoms. The van der Waals surface area contributed by atoms with Crippen molar-refractivity contribution in [2.75, 3.05) is 0 Å². The summed E-state index contributed by atoms with van der Waals surface area (Å²) in [5, 5.41) is 2.19. The van der Waals surface area contributed by atoms with Crippen LogP contribution in [0.15, 0.2) is 11.4 Å². The molecule has 0 atom stereocenters. The molecule has 0 aliphatic rings. The zero-order chi connectivity index (χ0) is 5.98. The average Bonchev–Trinajstić information content (AvgIpc) is 2.14. The highest BCUT2D eigenvalue weighted by Crippen LogP contribution is 2.05. The van der Waals surface area contributed by atoms with Gasteiger partial charge in [-0.3, -0.25) is 0 Å². The van der Waals surface area contributed by atoms with E-state index in [-0.39, 0.29) is 0 Å². The van der Waals surface area contributed by atoms with E-state index in [0.717, 1.165) is 0 Å². The van der Waals surface area contributed by atoms with Gasteiger partial charge in [0.1, 0.15) is 7.85 Å². The van der Waals surface area contributed by atoms with E-state index < -0.39 is 0 Å². The van der Waals surface area contributed by atoms with Gasteiger partial charge in [-0.2, -0.15) is 0 Å². The molecule has 2 heteroatoms. The zero-order valence-corrected chi connectivity index (χ0v) is 6.09. The first-order chi connectivity index (χ1) is 3.83. The van der Waals surface area contributed by atoms with Crippen molar-refractivity contribution in [3.8, 4) is 0 Å². The molecule has 1 aromatic heterocycles. The molecule has 42 valence electrons. The third kappa shape index (κ3) is 1.13. The lowest BCUT2D eigenvalue weighted by Crippen LogP contribution is -1.93. The average molecular weight is 124 g/mol. The van der Waals surface area contributed by atoms with E-state index in [1.807, 2.05) is 11.3 Å². The molecule has 0 fully saturated rings. The van der Waals surface area contributed by atoms with Crippen LogP contribution < -0.4 is 5.46 Å². The lowest BCUT2D eigenvalue weighted by atomic mass is 10.0. The molecular weight excluding hydrogens is 115 g/mol. The van der Waals surface area contributed by atoms with Crippen LogP contribution in [0, 0.1) is 0 Å². The van der Waals surface area contributed by atoms with Crippen LogP contribution in [-0.2, 0) is 6.42 Å². The van der Waals surface area contributed by atoms with Crippen molar-refractivity contribution in [1.29, 1.82) is 0 Å². The molecule has 0 nitrogen and oxygen atoms in total. The quantitative estimate of drug-likeness (QED) is 0.480. The Morgan fingerprint density at radius 2 is 2.50 bits per heavy atom. The number of aryl methyl sites for hydroxylation is 1. The summed E-state index contributed by atoms with van der Waals surface area (Å²) in [5.41, 5.74) is 1.40. The molecule has 0 unspecified atom stereocenters. The maximum absolute atomic E-state index is 2.24. The predicted molar refractivity (Wildman–Crippen MR) is 41.9 cm³/mol. The predicted octanol–water partition coefficient (Wildman–Crippen LogP) is 0.569. The minimum atomic E-state index is 1.18. The first kappa shape index (κ1) is 5.89. The minimum absolute atomic E-state index is 1.18. The van der Waals surface area contributed by atoms with Crippen LogP contribution in [0.5, 0.6) is 0 Å². The fourth-order valence-corrected chi connectivity index (χ4v) is 1.50. The minimum Gasteiger partial charge on any atom is -0.150 e. The monoisotopic (exact) mass is 124 g/mol. The highest BCUT2D eigenvalue weighted by atomic mass is 32.1. The van der Waals surface area contributed by atoms with E-state index in [1.165, 1.54) is 16.8 Å². The van der Waals surface area contributed by atoms with Gasteiger partial charge in [0.2, 0.25) is 0 Å². The van der Waals surface area contributed by atoms with E-state index in [4.69, 9.17) is 0 Å². The fourth-order valence-electron chi connectivity index (χ4n) is 0.676. The van der Waals surface area contributed by atoms with Gasteiger partial charge in [0.25, 0.3) is 0 Å². The second kappa shape index (κ2) is 2.36. The van der Waals surface area contributed by atoms with Gasteiger partial charge in [-0.1, -0.05) is 18.5 Å². The number of rotatable bonds is 1. The summed E-state index contributed by atoms with van der Waals surface area (Å²) in [6, 6.07) is 2.24. The van der Waals surface area contributed by atoms with Crippen molar-refractivity contribution in [3.63, 3.8) is 0 Å². The van der Waals surface area contributed by atoms with Crippen LogP contribution in [0.4, 0.5) is 0 Å². The normalized spacial score (nSPS) is 9.62. The van der Waals surface area contributed by atoms with Gasteiger partial charge in [-0.05, 0) is 11.8 Å². The van der Waals surface area contributed by atoms with E-state index in [2.05, 4.69) is 26.2 Å². The summed E-state index contributed by atoms with van der Waals surface area (Å²) < 4.78 is 0. The lowest BCUT2D eigenvalue weighted by molar-refractivity contribution is 1.19. The van der Waals surface area contributed by atoms with Crippen LogP contribution in [0.25, 0.3) is 0 Å². The van der Waals surface area contributed by atoms with Crippen molar-refractivity contribution in [2.45, 2.75) is 13.3 Å². The second-order valence-electron chi connectivity index (χ2n) is 1.94. The van der Waals surface area contributed by atoms with Gasteiger partial charge in [0.05, 0.1) is 0 Å². The van der Waals surface area contributed by atoms with E-state index in [0.29, 0.717) is 0 Å². The van der Waals surface area contributed by atoms with Gasteiger partial charge < -0.3 is 0 Å². The fraction of sp³-hybridized carbons (Fsp3) is 0.333. The number of hydrogen-bond acceptors (Lipinski definition) is 1. The molecule has 0 spiro atoms. The second-order valence-corrected chi connectivity index (χ2v) is 2.94. The van der Waals surface area contributed by atoms with Crippen LogP contribution in [-0.4, -0.2) is 7.85 Å². The maximum atomic E-state index is 2.24. The summed E-state index contributed by atoms with van der Waals surface area (Å²) in [7, 11) is 2.13. The molecule has 0 radical (unpaired) electrons. The molecule has 1 heterocycles. The summed E-state index contributed by atoms with van der Waals surface area (Å²) in [4.78, 5) is 1.49. The van der Waals surface area contributed by atoms with E-state index in [9.17, 15) is 0 Å². The van der Waals surface area contributed by atoms with Gasteiger partial charge >= 0.3 is 0 Å². The molecule has 1 rings (SSSR count). The first-order valence-corrected chi connectivity index (χ1v) is 3.75. The summed E-state index contributed by atoms with van der Waals surface area (Å²) in [5.74, 6) is 0. The Kier molecular flexibility index (Phi) is 1.74. The van der Waals surface area contributed by atoms with E-state index >= 15 is 0 Å². The highest BCUT2D eigenvalue weighted by Gasteiger charge is 1.89. The maximum Gasteiger partial charge on any atom is 0.140 e. The van der Waals surface area contributed by atoms with Crippen molar-refractivity contribution in [2.24, 2.45) is 0 Å². The highest BCUT2D eigenvalue weighted by molar-refractivity contribution is 7.10. The summed E-state index contributed by atoms with van der Waals surface area (Å²) >= 11 is 1.85. The SMILES string of the molecule is Bc1csc(CC)c1. The molecule has 1 aromatic rings. The van der Waals surface area contributed by atoms with Crippen molar-refractivity contribution >= 4 is 24.6 Å².